The van der Waals surface area contributed by atoms with Crippen LogP contribution >= 0.6 is 0 Å². The maximum atomic E-state index is 15.0. The van der Waals surface area contributed by atoms with Crippen molar-refractivity contribution in [3.8, 4) is 11.5 Å². The molecule has 0 saturated carbocycles. The van der Waals surface area contributed by atoms with Gasteiger partial charge in [0.15, 0.2) is 22.7 Å². The van der Waals surface area contributed by atoms with Crippen LogP contribution in [0, 0.1) is 11.6 Å². The molecule has 0 bridgehead atoms. The highest BCUT2D eigenvalue weighted by Gasteiger charge is 2.30. The Balaban J connectivity index is 1.74. The minimum atomic E-state index is -0.582. The average molecular weight is 374 g/mol. The van der Waals surface area contributed by atoms with Crippen molar-refractivity contribution in [1.82, 2.24) is 0 Å². The highest BCUT2D eigenvalue weighted by atomic mass is 19.1. The SMILES string of the molecule is CCCCOc1ccc2c(oc3c(F)c4c(cc32)CC(CCCC)O4)c1F. The largest absolute Gasteiger partial charge is 0.490 e. The molecule has 4 rings (SSSR count). The monoisotopic (exact) mass is 374 g/mol. The van der Waals surface area contributed by atoms with E-state index in [4.69, 9.17) is 13.9 Å². The first-order chi connectivity index (χ1) is 13.1. The lowest BCUT2D eigenvalue weighted by Gasteiger charge is -2.09. The predicted molar refractivity (Wildman–Crippen MR) is 102 cm³/mol. The fourth-order valence-electron chi connectivity index (χ4n) is 3.68. The van der Waals surface area contributed by atoms with Gasteiger partial charge in [0.1, 0.15) is 6.10 Å². The predicted octanol–water partition coefficient (Wildman–Crippen LogP) is 6.54. The van der Waals surface area contributed by atoms with Gasteiger partial charge in [0, 0.05) is 22.8 Å². The molecule has 0 saturated heterocycles. The van der Waals surface area contributed by atoms with Crippen molar-refractivity contribution >= 4 is 21.9 Å². The summed E-state index contributed by atoms with van der Waals surface area (Å²) in [5.41, 5.74) is 0.904. The minimum Gasteiger partial charge on any atom is -0.490 e. The van der Waals surface area contributed by atoms with Crippen LogP contribution < -0.4 is 9.47 Å². The summed E-state index contributed by atoms with van der Waals surface area (Å²) >= 11 is 0. The van der Waals surface area contributed by atoms with Crippen LogP contribution in [0.3, 0.4) is 0 Å². The van der Waals surface area contributed by atoms with Crippen molar-refractivity contribution in [3.05, 3.63) is 35.4 Å². The number of hydrogen-bond donors (Lipinski definition) is 0. The van der Waals surface area contributed by atoms with E-state index >= 15 is 4.39 Å². The molecular formula is C22H24F2O3. The summed E-state index contributed by atoms with van der Waals surface area (Å²) < 4.78 is 46.7. The molecule has 1 atom stereocenters. The number of rotatable bonds is 7. The van der Waals surface area contributed by atoms with E-state index in [0.717, 1.165) is 37.7 Å². The van der Waals surface area contributed by atoms with Gasteiger partial charge in [0.2, 0.25) is 11.6 Å². The second kappa shape index (κ2) is 7.37. The van der Waals surface area contributed by atoms with E-state index in [1.165, 1.54) is 0 Å². The summed E-state index contributed by atoms with van der Waals surface area (Å²) in [7, 11) is 0. The van der Waals surface area contributed by atoms with Crippen LogP contribution in [0.2, 0.25) is 0 Å². The molecular weight excluding hydrogens is 350 g/mol. The zero-order chi connectivity index (χ0) is 19.0. The van der Waals surface area contributed by atoms with Crippen molar-refractivity contribution in [3.63, 3.8) is 0 Å². The summed E-state index contributed by atoms with van der Waals surface area (Å²) in [4.78, 5) is 0. The average Bonchev–Trinajstić information content (AvgIpc) is 3.24. The van der Waals surface area contributed by atoms with Gasteiger partial charge in [-0.1, -0.05) is 33.1 Å². The van der Waals surface area contributed by atoms with E-state index in [0.29, 0.717) is 23.8 Å². The van der Waals surface area contributed by atoms with Gasteiger partial charge >= 0.3 is 0 Å². The molecule has 1 aliphatic heterocycles. The Morgan fingerprint density at radius 2 is 1.81 bits per heavy atom. The van der Waals surface area contributed by atoms with Crippen molar-refractivity contribution in [2.45, 2.75) is 58.5 Å². The first-order valence-corrected chi connectivity index (χ1v) is 9.79. The molecule has 27 heavy (non-hydrogen) atoms. The van der Waals surface area contributed by atoms with E-state index in [1.807, 2.05) is 13.0 Å². The molecule has 5 heteroatoms. The standard InChI is InChI=1S/C22H24F2O3/c1-3-5-7-14-11-13-12-16-15-8-9-17(25-10-6-4-2)18(23)21(15)27-22(16)19(24)20(13)26-14/h8-9,12,14H,3-7,10-11H2,1-2H3. The summed E-state index contributed by atoms with van der Waals surface area (Å²) in [6.07, 6.45) is 5.51. The molecule has 3 nitrogen and oxygen atoms in total. The van der Waals surface area contributed by atoms with E-state index < -0.39 is 11.6 Å². The maximum Gasteiger partial charge on any atom is 0.208 e. The topological polar surface area (TPSA) is 31.6 Å². The number of benzene rings is 2. The van der Waals surface area contributed by atoms with E-state index in [-0.39, 0.29) is 28.8 Å². The van der Waals surface area contributed by atoms with Crippen molar-refractivity contribution < 1.29 is 22.7 Å². The Bertz CT molecular complexity index is 977. The van der Waals surface area contributed by atoms with Crippen molar-refractivity contribution in [1.29, 1.82) is 0 Å². The smallest absolute Gasteiger partial charge is 0.208 e. The van der Waals surface area contributed by atoms with Crippen molar-refractivity contribution in [2.75, 3.05) is 6.61 Å². The molecule has 0 fully saturated rings. The van der Waals surface area contributed by atoms with Gasteiger partial charge in [-0.15, -0.1) is 0 Å². The lowest BCUT2D eigenvalue weighted by atomic mass is 10.0. The number of unbranched alkanes of at least 4 members (excludes halogenated alkanes) is 2. The Hall–Kier alpha value is -2.30. The third-order valence-corrected chi connectivity index (χ3v) is 5.18. The van der Waals surface area contributed by atoms with Crippen LogP contribution in [0.5, 0.6) is 11.5 Å². The minimum absolute atomic E-state index is 0.00234. The Labute approximate surface area is 157 Å². The van der Waals surface area contributed by atoms with Crippen LogP contribution in [0.15, 0.2) is 22.6 Å². The molecule has 0 radical (unpaired) electrons. The van der Waals surface area contributed by atoms with Crippen LogP contribution in [0.4, 0.5) is 8.78 Å². The lowest BCUT2D eigenvalue weighted by Crippen LogP contribution is -2.12. The Morgan fingerprint density at radius 3 is 2.59 bits per heavy atom. The van der Waals surface area contributed by atoms with E-state index in [2.05, 4.69) is 6.92 Å². The van der Waals surface area contributed by atoms with Gasteiger partial charge in [0.05, 0.1) is 6.61 Å². The molecule has 3 aromatic rings. The first kappa shape index (κ1) is 18.1. The zero-order valence-electron chi connectivity index (χ0n) is 15.7. The molecule has 1 aliphatic rings. The van der Waals surface area contributed by atoms with Gasteiger partial charge in [0.25, 0.3) is 0 Å². The lowest BCUT2D eigenvalue weighted by molar-refractivity contribution is 0.210. The van der Waals surface area contributed by atoms with Gasteiger partial charge in [-0.25, -0.2) is 0 Å². The summed E-state index contributed by atoms with van der Waals surface area (Å²) in [5.74, 6) is -0.729. The number of fused-ring (bicyclic) bond motifs is 4. The molecule has 0 spiro atoms. The Morgan fingerprint density at radius 1 is 1.04 bits per heavy atom. The van der Waals surface area contributed by atoms with Crippen LogP contribution in [-0.4, -0.2) is 12.7 Å². The zero-order valence-corrected chi connectivity index (χ0v) is 15.7. The van der Waals surface area contributed by atoms with Gasteiger partial charge in [-0.2, -0.15) is 8.78 Å². The summed E-state index contributed by atoms with van der Waals surface area (Å²) in [5, 5.41) is 1.14. The highest BCUT2D eigenvalue weighted by Crippen LogP contribution is 2.42. The van der Waals surface area contributed by atoms with Crippen molar-refractivity contribution in [2.24, 2.45) is 0 Å². The van der Waals surface area contributed by atoms with Crippen LogP contribution in [0.1, 0.15) is 51.5 Å². The molecule has 1 aromatic heterocycles. The Kier molecular flexibility index (Phi) is 4.94. The highest BCUT2D eigenvalue weighted by molar-refractivity contribution is 6.06. The van der Waals surface area contributed by atoms with Gasteiger partial charge < -0.3 is 13.9 Å². The molecule has 1 unspecified atom stereocenters. The molecule has 144 valence electrons. The van der Waals surface area contributed by atoms with Gasteiger partial charge in [-0.3, -0.25) is 0 Å². The molecule has 2 heterocycles. The van der Waals surface area contributed by atoms with Gasteiger partial charge in [-0.05, 0) is 31.0 Å². The fraction of sp³-hybridized carbons (Fsp3) is 0.455. The number of ether oxygens (including phenoxy) is 2. The van der Waals surface area contributed by atoms with E-state index in [9.17, 15) is 4.39 Å². The molecule has 2 aromatic carbocycles. The molecule has 0 amide bonds. The quantitative estimate of drug-likeness (QED) is 0.440. The molecule has 0 N–H and O–H groups in total. The second-order valence-corrected chi connectivity index (χ2v) is 7.20. The fourth-order valence-corrected chi connectivity index (χ4v) is 3.68. The van der Waals surface area contributed by atoms with E-state index in [1.54, 1.807) is 12.1 Å². The number of halogens is 2. The normalized spacial score (nSPS) is 16.1. The third-order valence-electron chi connectivity index (χ3n) is 5.18. The number of furan rings is 1. The van der Waals surface area contributed by atoms with Crippen LogP contribution in [0.25, 0.3) is 21.9 Å². The molecule has 0 aliphatic carbocycles. The second-order valence-electron chi connectivity index (χ2n) is 7.20. The first-order valence-electron chi connectivity index (χ1n) is 9.79. The number of hydrogen-bond acceptors (Lipinski definition) is 3. The maximum absolute atomic E-state index is 15.0. The summed E-state index contributed by atoms with van der Waals surface area (Å²) in [6.45, 7) is 4.60. The third kappa shape index (κ3) is 3.13. The van der Waals surface area contributed by atoms with Crippen LogP contribution in [-0.2, 0) is 6.42 Å². The summed E-state index contributed by atoms with van der Waals surface area (Å²) in [6, 6.07) is 5.21.